The Labute approximate surface area is 140 Å². The van der Waals surface area contributed by atoms with Crippen LogP contribution in [0.1, 0.15) is 68.1 Å². The molecule has 2 atom stereocenters. The second-order valence-corrected chi connectivity index (χ2v) is 7.19. The van der Waals surface area contributed by atoms with Crippen molar-refractivity contribution >= 4 is 17.2 Å². The highest BCUT2D eigenvalue weighted by molar-refractivity contribution is 7.10. The molecule has 0 spiro atoms. The predicted octanol–water partition coefficient (Wildman–Crippen LogP) is 3.94. The Morgan fingerprint density at radius 1 is 1.52 bits per heavy atom. The van der Waals surface area contributed by atoms with Gasteiger partial charge in [0.25, 0.3) is 0 Å². The van der Waals surface area contributed by atoms with E-state index in [1.807, 2.05) is 22.4 Å². The highest BCUT2D eigenvalue weighted by Crippen LogP contribution is 2.31. The molecule has 2 aromatic heterocycles. The van der Waals surface area contributed by atoms with Gasteiger partial charge < -0.3 is 9.42 Å². The predicted molar refractivity (Wildman–Crippen MR) is 89.3 cm³/mol. The smallest absolute Gasteiger partial charge is 0.249 e. The molecule has 5 nitrogen and oxygen atoms in total. The fourth-order valence-electron chi connectivity index (χ4n) is 2.92. The lowest BCUT2D eigenvalue weighted by Crippen LogP contribution is -2.39. The molecule has 1 fully saturated rings. The number of carbonyl (C=O) groups excluding carboxylic acids is 1. The molecule has 0 radical (unpaired) electrons. The molecule has 3 rings (SSSR count). The average Bonchev–Trinajstić information content (AvgIpc) is 3.25. The molecule has 23 heavy (non-hydrogen) atoms. The van der Waals surface area contributed by atoms with Crippen LogP contribution in [0.5, 0.6) is 0 Å². The van der Waals surface area contributed by atoms with E-state index in [0.29, 0.717) is 12.3 Å². The Hall–Kier alpha value is -1.69. The SMILES string of the molecule is CC[C@@H](C)c1noc([C@@H]2CCCCN2C(=O)Cc2cccs2)n1. The molecule has 0 N–H and O–H groups in total. The highest BCUT2D eigenvalue weighted by Gasteiger charge is 2.32. The molecule has 0 aromatic carbocycles. The number of hydrogen-bond donors (Lipinski definition) is 0. The van der Waals surface area contributed by atoms with Crippen LogP contribution in [0.2, 0.25) is 0 Å². The summed E-state index contributed by atoms with van der Waals surface area (Å²) in [6, 6.07) is 3.92. The summed E-state index contributed by atoms with van der Waals surface area (Å²) in [7, 11) is 0. The number of amides is 1. The first kappa shape index (κ1) is 16.2. The minimum atomic E-state index is -0.0680. The molecule has 1 amide bonds. The van der Waals surface area contributed by atoms with Crippen LogP contribution in [0.25, 0.3) is 0 Å². The van der Waals surface area contributed by atoms with Crippen LogP contribution in [0, 0.1) is 0 Å². The zero-order valence-corrected chi connectivity index (χ0v) is 14.5. The van der Waals surface area contributed by atoms with Gasteiger partial charge in [0.1, 0.15) is 6.04 Å². The van der Waals surface area contributed by atoms with Gasteiger partial charge in [0.05, 0.1) is 6.42 Å². The molecular weight excluding hydrogens is 310 g/mol. The van der Waals surface area contributed by atoms with Crippen molar-refractivity contribution in [1.29, 1.82) is 0 Å². The molecule has 0 bridgehead atoms. The molecular formula is C17H23N3O2S. The normalized spacial score (nSPS) is 19.7. The minimum Gasteiger partial charge on any atom is -0.337 e. The van der Waals surface area contributed by atoms with Crippen LogP contribution in [-0.2, 0) is 11.2 Å². The topological polar surface area (TPSA) is 59.2 Å². The first-order valence-electron chi connectivity index (χ1n) is 8.34. The van der Waals surface area contributed by atoms with Crippen molar-refractivity contribution in [1.82, 2.24) is 15.0 Å². The van der Waals surface area contributed by atoms with Crippen LogP contribution in [0.4, 0.5) is 0 Å². The summed E-state index contributed by atoms with van der Waals surface area (Å²) in [5, 5.41) is 6.12. The Kier molecular flexibility index (Phi) is 5.10. The third-order valence-electron chi connectivity index (χ3n) is 4.52. The van der Waals surface area contributed by atoms with E-state index in [-0.39, 0.29) is 17.9 Å². The van der Waals surface area contributed by atoms with E-state index in [9.17, 15) is 4.79 Å². The molecule has 124 valence electrons. The number of nitrogens with zero attached hydrogens (tertiary/aromatic N) is 3. The maximum Gasteiger partial charge on any atom is 0.249 e. The monoisotopic (exact) mass is 333 g/mol. The second-order valence-electron chi connectivity index (χ2n) is 6.15. The van der Waals surface area contributed by atoms with E-state index in [2.05, 4.69) is 24.0 Å². The summed E-state index contributed by atoms with van der Waals surface area (Å²) in [5.74, 6) is 1.78. The molecule has 6 heteroatoms. The van der Waals surface area contributed by atoms with Gasteiger partial charge in [0.2, 0.25) is 11.8 Å². The van der Waals surface area contributed by atoms with Gasteiger partial charge in [-0.15, -0.1) is 11.3 Å². The lowest BCUT2D eigenvalue weighted by Gasteiger charge is -2.33. The maximum atomic E-state index is 12.7. The number of carbonyl (C=O) groups is 1. The Bertz CT molecular complexity index is 638. The van der Waals surface area contributed by atoms with E-state index in [4.69, 9.17) is 4.52 Å². The Morgan fingerprint density at radius 3 is 3.13 bits per heavy atom. The van der Waals surface area contributed by atoms with E-state index in [1.54, 1.807) is 11.3 Å². The highest BCUT2D eigenvalue weighted by atomic mass is 32.1. The van der Waals surface area contributed by atoms with Crippen molar-refractivity contribution in [3.63, 3.8) is 0 Å². The number of piperidine rings is 1. The van der Waals surface area contributed by atoms with E-state index in [0.717, 1.165) is 42.9 Å². The van der Waals surface area contributed by atoms with E-state index in [1.165, 1.54) is 0 Å². The van der Waals surface area contributed by atoms with Gasteiger partial charge in [-0.3, -0.25) is 4.79 Å². The van der Waals surface area contributed by atoms with Crippen molar-refractivity contribution < 1.29 is 9.32 Å². The van der Waals surface area contributed by atoms with Crippen LogP contribution in [0.15, 0.2) is 22.0 Å². The van der Waals surface area contributed by atoms with E-state index >= 15 is 0 Å². The van der Waals surface area contributed by atoms with Crippen molar-refractivity contribution in [2.75, 3.05) is 6.54 Å². The van der Waals surface area contributed by atoms with Gasteiger partial charge in [-0.05, 0) is 37.1 Å². The molecule has 0 aliphatic carbocycles. The molecule has 3 heterocycles. The molecule has 0 unspecified atom stereocenters. The zero-order chi connectivity index (χ0) is 16.2. The van der Waals surface area contributed by atoms with Gasteiger partial charge in [-0.1, -0.05) is 25.1 Å². The van der Waals surface area contributed by atoms with Gasteiger partial charge >= 0.3 is 0 Å². The van der Waals surface area contributed by atoms with Gasteiger partial charge in [-0.2, -0.15) is 4.98 Å². The van der Waals surface area contributed by atoms with Crippen molar-refractivity contribution in [3.8, 4) is 0 Å². The van der Waals surface area contributed by atoms with Crippen LogP contribution >= 0.6 is 11.3 Å². The molecule has 0 saturated carbocycles. The van der Waals surface area contributed by atoms with Gasteiger partial charge in [0.15, 0.2) is 5.82 Å². The van der Waals surface area contributed by atoms with Crippen molar-refractivity contribution in [2.24, 2.45) is 0 Å². The Morgan fingerprint density at radius 2 is 2.39 bits per heavy atom. The first-order chi connectivity index (χ1) is 11.2. The van der Waals surface area contributed by atoms with Gasteiger partial charge in [-0.25, -0.2) is 0 Å². The Balaban J connectivity index is 1.75. The molecule has 1 aliphatic heterocycles. The maximum absolute atomic E-state index is 12.7. The summed E-state index contributed by atoms with van der Waals surface area (Å²) < 4.78 is 5.49. The summed E-state index contributed by atoms with van der Waals surface area (Å²) in [4.78, 5) is 20.3. The lowest BCUT2D eigenvalue weighted by molar-refractivity contribution is -0.134. The lowest BCUT2D eigenvalue weighted by atomic mass is 10.0. The van der Waals surface area contributed by atoms with Crippen molar-refractivity contribution in [3.05, 3.63) is 34.1 Å². The van der Waals surface area contributed by atoms with Crippen LogP contribution in [0.3, 0.4) is 0 Å². The number of likely N-dealkylation sites (tertiary alicyclic amines) is 1. The third-order valence-corrected chi connectivity index (χ3v) is 5.40. The largest absolute Gasteiger partial charge is 0.337 e. The molecule has 2 aromatic rings. The summed E-state index contributed by atoms with van der Waals surface area (Å²) >= 11 is 1.62. The molecule has 1 aliphatic rings. The summed E-state index contributed by atoms with van der Waals surface area (Å²) in [5.41, 5.74) is 0. The fraction of sp³-hybridized carbons (Fsp3) is 0.588. The summed E-state index contributed by atoms with van der Waals surface area (Å²) in [6.07, 6.45) is 4.47. The fourth-order valence-corrected chi connectivity index (χ4v) is 3.61. The number of thiophene rings is 1. The van der Waals surface area contributed by atoms with Gasteiger partial charge in [0, 0.05) is 17.3 Å². The number of hydrogen-bond acceptors (Lipinski definition) is 5. The zero-order valence-electron chi connectivity index (χ0n) is 13.7. The average molecular weight is 333 g/mol. The number of rotatable bonds is 5. The van der Waals surface area contributed by atoms with E-state index < -0.39 is 0 Å². The standard InChI is InChI=1S/C17H23N3O2S/c1-3-12(2)16-18-17(22-19-16)14-8-4-5-9-20(14)15(21)11-13-7-6-10-23-13/h6-7,10,12,14H,3-5,8-9,11H2,1-2H3/t12-,14+/m1/s1. The van der Waals surface area contributed by atoms with Crippen LogP contribution < -0.4 is 0 Å². The number of aromatic nitrogens is 2. The quantitative estimate of drug-likeness (QED) is 0.831. The first-order valence-corrected chi connectivity index (χ1v) is 9.22. The minimum absolute atomic E-state index is 0.0680. The third kappa shape index (κ3) is 3.63. The summed E-state index contributed by atoms with van der Waals surface area (Å²) in [6.45, 7) is 4.98. The van der Waals surface area contributed by atoms with Crippen molar-refractivity contribution in [2.45, 2.75) is 57.9 Å². The second kappa shape index (κ2) is 7.25. The molecule has 1 saturated heterocycles. The van der Waals surface area contributed by atoms with Crippen LogP contribution in [-0.4, -0.2) is 27.5 Å².